The third-order valence-electron chi connectivity index (χ3n) is 3.05. The second-order valence-electron chi connectivity index (χ2n) is 5.70. The molecule has 0 unspecified atom stereocenters. The number of aromatic nitrogens is 1. The maximum absolute atomic E-state index is 5.81. The van der Waals surface area contributed by atoms with Gasteiger partial charge in [0.15, 0.2) is 0 Å². The fourth-order valence-corrected chi connectivity index (χ4v) is 2.22. The van der Waals surface area contributed by atoms with E-state index in [1.807, 2.05) is 18.2 Å². The largest absolute Gasteiger partial charge is 0.439 e. The zero-order chi connectivity index (χ0) is 14.8. The van der Waals surface area contributed by atoms with Gasteiger partial charge >= 0.3 is 0 Å². The van der Waals surface area contributed by atoms with Crippen molar-refractivity contribution in [2.24, 2.45) is 5.73 Å². The quantitative estimate of drug-likeness (QED) is 0.905. The van der Waals surface area contributed by atoms with Gasteiger partial charge in [-0.2, -0.15) is 0 Å². The Hall–Kier alpha value is -1.39. The lowest BCUT2D eigenvalue weighted by Crippen LogP contribution is -2.10. The van der Waals surface area contributed by atoms with Crippen molar-refractivity contribution in [2.75, 3.05) is 0 Å². The lowest BCUT2D eigenvalue weighted by molar-refractivity contribution is 0.455. The van der Waals surface area contributed by atoms with Crippen LogP contribution in [0, 0.1) is 0 Å². The number of rotatable bonds is 3. The summed E-state index contributed by atoms with van der Waals surface area (Å²) in [4.78, 5) is 4.27. The minimum absolute atomic E-state index is 0.136. The van der Waals surface area contributed by atoms with Gasteiger partial charge in [-0.3, -0.25) is 0 Å². The first-order chi connectivity index (χ1) is 9.40. The van der Waals surface area contributed by atoms with Gasteiger partial charge in [0, 0.05) is 22.8 Å². The van der Waals surface area contributed by atoms with Gasteiger partial charge in [-0.15, -0.1) is 0 Å². The first kappa shape index (κ1) is 15.0. The fourth-order valence-electron chi connectivity index (χ4n) is 1.84. The van der Waals surface area contributed by atoms with Crippen molar-refractivity contribution in [3.8, 4) is 11.6 Å². The number of hydrogen-bond acceptors (Lipinski definition) is 3. The molecule has 0 saturated carbocycles. The summed E-state index contributed by atoms with van der Waals surface area (Å²) in [7, 11) is 0. The summed E-state index contributed by atoms with van der Waals surface area (Å²) in [6.07, 6.45) is 1.71. The second-order valence-corrected chi connectivity index (χ2v) is 6.61. The molecule has 3 nitrogen and oxygen atoms in total. The van der Waals surface area contributed by atoms with Crippen LogP contribution in [0.2, 0.25) is 0 Å². The molecule has 0 aliphatic heterocycles. The number of benzene rings is 1. The number of ether oxygens (including phenoxy) is 1. The molecule has 0 atom stereocenters. The highest BCUT2D eigenvalue weighted by Gasteiger charge is 2.13. The van der Waals surface area contributed by atoms with E-state index in [2.05, 4.69) is 53.8 Å². The van der Waals surface area contributed by atoms with Crippen LogP contribution in [-0.4, -0.2) is 4.98 Å². The Morgan fingerprint density at radius 1 is 1.20 bits per heavy atom. The summed E-state index contributed by atoms with van der Waals surface area (Å²) >= 11 is 3.38. The van der Waals surface area contributed by atoms with Crippen molar-refractivity contribution in [3.05, 3.63) is 52.1 Å². The Labute approximate surface area is 128 Å². The standard InChI is InChI=1S/C16H19BrN2O/c1-16(2,3)12-4-6-14(7-5-12)20-15-11(9-18)8-13(17)10-19-15/h4-8,10H,9,18H2,1-3H3. The molecule has 2 N–H and O–H groups in total. The Balaban J connectivity index is 2.22. The van der Waals surface area contributed by atoms with E-state index in [0.29, 0.717) is 12.4 Å². The molecule has 0 saturated heterocycles. The monoisotopic (exact) mass is 334 g/mol. The number of hydrogen-bond donors (Lipinski definition) is 1. The smallest absolute Gasteiger partial charge is 0.223 e. The Kier molecular flexibility index (Phi) is 4.45. The molecule has 1 aromatic carbocycles. The Morgan fingerprint density at radius 3 is 2.40 bits per heavy atom. The first-order valence-electron chi connectivity index (χ1n) is 6.53. The topological polar surface area (TPSA) is 48.1 Å². The molecule has 1 heterocycles. The van der Waals surface area contributed by atoms with Crippen molar-refractivity contribution in [3.63, 3.8) is 0 Å². The molecule has 0 radical (unpaired) electrons. The van der Waals surface area contributed by atoms with E-state index in [1.165, 1.54) is 5.56 Å². The zero-order valence-electron chi connectivity index (χ0n) is 12.0. The summed E-state index contributed by atoms with van der Waals surface area (Å²) < 4.78 is 6.71. The first-order valence-corrected chi connectivity index (χ1v) is 7.32. The van der Waals surface area contributed by atoms with Crippen molar-refractivity contribution < 1.29 is 4.74 Å². The van der Waals surface area contributed by atoms with Gasteiger partial charge in [0.05, 0.1) is 0 Å². The highest BCUT2D eigenvalue weighted by atomic mass is 79.9. The van der Waals surface area contributed by atoms with Gasteiger partial charge < -0.3 is 10.5 Å². The van der Waals surface area contributed by atoms with Gasteiger partial charge in [-0.1, -0.05) is 32.9 Å². The average Bonchev–Trinajstić information content (AvgIpc) is 2.40. The van der Waals surface area contributed by atoms with E-state index in [1.54, 1.807) is 6.20 Å². The number of halogens is 1. The lowest BCUT2D eigenvalue weighted by Gasteiger charge is -2.19. The molecular weight excluding hydrogens is 316 g/mol. The van der Waals surface area contributed by atoms with Crippen LogP contribution in [0.25, 0.3) is 0 Å². The molecule has 1 aromatic heterocycles. The van der Waals surface area contributed by atoms with Crippen LogP contribution in [0.1, 0.15) is 31.9 Å². The highest BCUT2D eigenvalue weighted by Crippen LogP contribution is 2.28. The summed E-state index contributed by atoms with van der Waals surface area (Å²) in [5.74, 6) is 1.32. The molecule has 0 amide bonds. The van der Waals surface area contributed by atoms with Crippen molar-refractivity contribution >= 4 is 15.9 Å². The molecule has 4 heteroatoms. The Morgan fingerprint density at radius 2 is 1.85 bits per heavy atom. The molecule has 0 fully saturated rings. The van der Waals surface area contributed by atoms with Crippen molar-refractivity contribution in [2.45, 2.75) is 32.7 Å². The van der Waals surface area contributed by atoms with Gasteiger partial charge in [0.2, 0.25) is 5.88 Å². The van der Waals surface area contributed by atoms with Crippen LogP contribution in [0.5, 0.6) is 11.6 Å². The van der Waals surface area contributed by atoms with Crippen LogP contribution in [0.4, 0.5) is 0 Å². The number of nitrogens with two attached hydrogens (primary N) is 1. The SMILES string of the molecule is CC(C)(C)c1ccc(Oc2ncc(Br)cc2CN)cc1. The third-order valence-corrected chi connectivity index (χ3v) is 3.48. The van der Waals surface area contributed by atoms with Gasteiger partial charge in [0.1, 0.15) is 5.75 Å². The van der Waals surface area contributed by atoms with Crippen LogP contribution < -0.4 is 10.5 Å². The van der Waals surface area contributed by atoms with E-state index < -0.39 is 0 Å². The van der Waals surface area contributed by atoms with Crippen LogP contribution in [-0.2, 0) is 12.0 Å². The summed E-state index contributed by atoms with van der Waals surface area (Å²) in [6, 6.07) is 10.0. The maximum Gasteiger partial charge on any atom is 0.223 e. The molecule has 106 valence electrons. The molecule has 0 spiro atoms. The normalized spacial score (nSPS) is 11.4. The molecule has 0 aliphatic carbocycles. The van der Waals surface area contributed by atoms with E-state index in [-0.39, 0.29) is 5.41 Å². The average molecular weight is 335 g/mol. The molecule has 2 rings (SSSR count). The van der Waals surface area contributed by atoms with Gasteiger partial charge in [-0.25, -0.2) is 4.98 Å². The lowest BCUT2D eigenvalue weighted by atomic mass is 9.87. The number of pyridine rings is 1. The number of nitrogens with zero attached hydrogens (tertiary/aromatic N) is 1. The molecule has 20 heavy (non-hydrogen) atoms. The maximum atomic E-state index is 5.81. The minimum atomic E-state index is 0.136. The molecule has 2 aromatic rings. The summed E-state index contributed by atoms with van der Waals surface area (Å²) in [6.45, 7) is 6.95. The van der Waals surface area contributed by atoms with Gasteiger partial charge in [-0.05, 0) is 45.1 Å². The predicted octanol–water partition coefficient (Wildman–Crippen LogP) is 4.39. The highest BCUT2D eigenvalue weighted by molar-refractivity contribution is 9.10. The van der Waals surface area contributed by atoms with Crippen molar-refractivity contribution in [1.82, 2.24) is 4.98 Å². The molecular formula is C16H19BrN2O. The summed E-state index contributed by atoms with van der Waals surface area (Å²) in [5, 5.41) is 0. The molecule has 0 aliphatic rings. The van der Waals surface area contributed by atoms with E-state index in [0.717, 1.165) is 15.8 Å². The predicted molar refractivity (Wildman–Crippen MR) is 85.0 cm³/mol. The van der Waals surface area contributed by atoms with E-state index in [9.17, 15) is 0 Å². The Bertz CT molecular complexity index is 588. The molecule has 0 bridgehead atoms. The van der Waals surface area contributed by atoms with Crippen LogP contribution >= 0.6 is 15.9 Å². The summed E-state index contributed by atoms with van der Waals surface area (Å²) in [5.41, 5.74) is 7.99. The zero-order valence-corrected chi connectivity index (χ0v) is 13.6. The minimum Gasteiger partial charge on any atom is -0.439 e. The van der Waals surface area contributed by atoms with Gasteiger partial charge in [0.25, 0.3) is 0 Å². The van der Waals surface area contributed by atoms with Crippen LogP contribution in [0.3, 0.4) is 0 Å². The van der Waals surface area contributed by atoms with E-state index in [4.69, 9.17) is 10.5 Å². The van der Waals surface area contributed by atoms with E-state index >= 15 is 0 Å². The third kappa shape index (κ3) is 3.58. The fraction of sp³-hybridized carbons (Fsp3) is 0.312. The second kappa shape index (κ2) is 5.94. The van der Waals surface area contributed by atoms with Crippen LogP contribution in [0.15, 0.2) is 41.0 Å². The van der Waals surface area contributed by atoms with Crippen molar-refractivity contribution in [1.29, 1.82) is 0 Å².